The van der Waals surface area contributed by atoms with E-state index in [1.807, 2.05) is 6.07 Å². The van der Waals surface area contributed by atoms with Crippen LogP contribution >= 0.6 is 0 Å². The van der Waals surface area contributed by atoms with Crippen LogP contribution in [0, 0.1) is 0 Å². The first-order valence-electron chi connectivity index (χ1n) is 10.00. The summed E-state index contributed by atoms with van der Waals surface area (Å²) in [7, 11) is 0. The molecule has 2 aromatic carbocycles. The van der Waals surface area contributed by atoms with Gasteiger partial charge >= 0.3 is 0 Å². The lowest BCUT2D eigenvalue weighted by atomic mass is 9.99. The second kappa shape index (κ2) is 8.55. The molecule has 3 nitrogen and oxygen atoms in total. The third-order valence-corrected chi connectivity index (χ3v) is 5.62. The molecule has 0 unspecified atom stereocenters. The van der Waals surface area contributed by atoms with Crippen molar-refractivity contribution in [2.24, 2.45) is 0 Å². The van der Waals surface area contributed by atoms with Gasteiger partial charge in [0, 0.05) is 30.2 Å². The van der Waals surface area contributed by atoms with Crippen LogP contribution in [0.25, 0.3) is 16.5 Å². The number of rotatable bonds is 7. The van der Waals surface area contributed by atoms with E-state index in [1.54, 1.807) is 0 Å². The highest BCUT2D eigenvalue weighted by Crippen LogP contribution is 2.23. The topological polar surface area (TPSA) is 39.3 Å². The van der Waals surface area contributed by atoms with Crippen LogP contribution in [0.5, 0.6) is 0 Å². The molecule has 2 heterocycles. The zero-order valence-corrected chi connectivity index (χ0v) is 15.8. The molecule has 0 aliphatic carbocycles. The smallest absolute Gasteiger partial charge is 0.0682 e. The van der Waals surface area contributed by atoms with Crippen LogP contribution in [0.3, 0.4) is 0 Å². The van der Waals surface area contributed by atoms with E-state index in [0.717, 1.165) is 37.0 Å². The summed E-state index contributed by atoms with van der Waals surface area (Å²) >= 11 is 0. The highest BCUT2D eigenvalue weighted by molar-refractivity contribution is 5.83. The van der Waals surface area contributed by atoms with E-state index in [9.17, 15) is 5.11 Å². The second-order valence-electron chi connectivity index (χ2n) is 7.46. The molecule has 0 bridgehead atoms. The molecule has 0 fully saturated rings. The van der Waals surface area contributed by atoms with Crippen LogP contribution in [0.2, 0.25) is 0 Å². The van der Waals surface area contributed by atoms with Crippen molar-refractivity contribution in [3.63, 3.8) is 0 Å². The molecule has 1 aliphatic rings. The number of aromatic amines is 1. The van der Waals surface area contributed by atoms with Gasteiger partial charge in [-0.05, 0) is 66.6 Å². The van der Waals surface area contributed by atoms with Crippen LogP contribution in [-0.2, 0) is 13.0 Å². The summed E-state index contributed by atoms with van der Waals surface area (Å²) in [5.41, 5.74) is 6.38. The van der Waals surface area contributed by atoms with Crippen molar-refractivity contribution >= 4 is 16.5 Å². The van der Waals surface area contributed by atoms with Gasteiger partial charge in [-0.3, -0.25) is 4.90 Å². The number of aryl methyl sites for hydroxylation is 1. The number of hydrogen-bond acceptors (Lipinski definition) is 2. The Morgan fingerprint density at radius 2 is 1.93 bits per heavy atom. The Morgan fingerprint density at radius 3 is 2.70 bits per heavy atom. The lowest BCUT2D eigenvalue weighted by Gasteiger charge is -2.26. The number of aliphatic hydroxyl groups is 1. The fourth-order valence-corrected chi connectivity index (χ4v) is 4.01. The zero-order valence-electron chi connectivity index (χ0n) is 15.8. The molecule has 0 saturated carbocycles. The summed E-state index contributed by atoms with van der Waals surface area (Å²) in [5.74, 6) is 0. The van der Waals surface area contributed by atoms with Crippen molar-refractivity contribution in [3.05, 3.63) is 77.5 Å². The number of nitrogens with zero attached hydrogens (tertiary/aromatic N) is 1. The van der Waals surface area contributed by atoms with E-state index in [2.05, 4.69) is 64.6 Å². The number of fused-ring (bicyclic) bond motifs is 1. The van der Waals surface area contributed by atoms with Crippen molar-refractivity contribution < 1.29 is 5.11 Å². The van der Waals surface area contributed by atoms with E-state index >= 15 is 0 Å². The lowest BCUT2D eigenvalue weighted by molar-refractivity contribution is 0.282. The summed E-state index contributed by atoms with van der Waals surface area (Å²) in [6.07, 6.45) is 9.18. The predicted octanol–water partition coefficient (Wildman–Crippen LogP) is 4.77. The first-order chi connectivity index (χ1) is 13.3. The molecule has 0 radical (unpaired) electrons. The van der Waals surface area contributed by atoms with Gasteiger partial charge in [0.25, 0.3) is 0 Å². The predicted molar refractivity (Wildman–Crippen MR) is 113 cm³/mol. The molecule has 4 rings (SSSR count). The Morgan fingerprint density at radius 1 is 1.04 bits per heavy atom. The number of hydrogen-bond donors (Lipinski definition) is 2. The number of nitrogens with one attached hydrogen (secondary N) is 1. The summed E-state index contributed by atoms with van der Waals surface area (Å²) < 4.78 is 0. The first-order valence-corrected chi connectivity index (χ1v) is 10.00. The largest absolute Gasteiger partial charge is 0.392 e. The van der Waals surface area contributed by atoms with Crippen molar-refractivity contribution in [1.29, 1.82) is 0 Å². The standard InChI is InChI=1S/C24H28N2O/c27-18-19-9-10-24-23(16-19)22(17-25-24)8-4-5-13-26-14-11-21(12-15-26)20-6-2-1-3-7-20/h1-3,6-7,9-11,16-17,25,27H,4-5,8,12-15,18H2. The lowest BCUT2D eigenvalue weighted by Crippen LogP contribution is -2.29. The maximum absolute atomic E-state index is 9.35. The Bertz CT molecular complexity index is 911. The van der Waals surface area contributed by atoms with Crippen LogP contribution < -0.4 is 0 Å². The van der Waals surface area contributed by atoms with E-state index in [0.29, 0.717) is 0 Å². The van der Waals surface area contributed by atoms with Crippen LogP contribution in [-0.4, -0.2) is 34.6 Å². The van der Waals surface area contributed by atoms with Crippen molar-refractivity contribution in [2.75, 3.05) is 19.6 Å². The number of H-pyrrole nitrogens is 1. The molecule has 0 amide bonds. The molecule has 0 spiro atoms. The van der Waals surface area contributed by atoms with Gasteiger partial charge in [-0.1, -0.05) is 42.5 Å². The van der Waals surface area contributed by atoms with Crippen molar-refractivity contribution in [2.45, 2.75) is 32.3 Å². The number of unbranched alkanes of at least 4 members (excludes halogenated alkanes) is 1. The Labute approximate surface area is 161 Å². The Kier molecular flexibility index (Phi) is 5.71. The molecule has 3 heteroatoms. The summed E-state index contributed by atoms with van der Waals surface area (Å²) in [5, 5.41) is 10.6. The van der Waals surface area contributed by atoms with E-state index in [-0.39, 0.29) is 6.61 Å². The molecular formula is C24H28N2O. The monoisotopic (exact) mass is 360 g/mol. The fourth-order valence-electron chi connectivity index (χ4n) is 4.01. The molecule has 1 aliphatic heterocycles. The molecule has 27 heavy (non-hydrogen) atoms. The molecule has 1 aromatic heterocycles. The van der Waals surface area contributed by atoms with Gasteiger partial charge in [-0.25, -0.2) is 0 Å². The van der Waals surface area contributed by atoms with Gasteiger partial charge in [-0.2, -0.15) is 0 Å². The fraction of sp³-hybridized carbons (Fsp3) is 0.333. The van der Waals surface area contributed by atoms with Crippen LogP contribution in [0.15, 0.2) is 60.8 Å². The maximum Gasteiger partial charge on any atom is 0.0682 e. The number of benzene rings is 2. The minimum Gasteiger partial charge on any atom is -0.392 e. The van der Waals surface area contributed by atoms with Gasteiger partial charge in [0.05, 0.1) is 6.61 Å². The highest BCUT2D eigenvalue weighted by Gasteiger charge is 2.12. The average Bonchev–Trinajstić information content (AvgIpc) is 3.14. The Balaban J connectivity index is 1.26. The number of aromatic nitrogens is 1. The molecule has 2 N–H and O–H groups in total. The SMILES string of the molecule is OCc1ccc2[nH]cc(CCCCN3CC=C(c4ccccc4)CC3)c2c1. The molecule has 3 aromatic rings. The third kappa shape index (κ3) is 4.32. The molecule has 0 atom stereocenters. The van der Waals surface area contributed by atoms with Crippen LogP contribution in [0.4, 0.5) is 0 Å². The van der Waals surface area contributed by atoms with Gasteiger partial charge in [0.15, 0.2) is 0 Å². The Hall–Kier alpha value is -2.36. The quantitative estimate of drug-likeness (QED) is 0.596. The van der Waals surface area contributed by atoms with Gasteiger partial charge < -0.3 is 10.1 Å². The maximum atomic E-state index is 9.35. The van der Waals surface area contributed by atoms with Gasteiger partial charge in [-0.15, -0.1) is 0 Å². The van der Waals surface area contributed by atoms with Crippen LogP contribution in [0.1, 0.15) is 36.0 Å². The van der Waals surface area contributed by atoms with E-state index < -0.39 is 0 Å². The van der Waals surface area contributed by atoms with Gasteiger partial charge in [0.2, 0.25) is 0 Å². The third-order valence-electron chi connectivity index (χ3n) is 5.62. The van der Waals surface area contributed by atoms with E-state index in [4.69, 9.17) is 0 Å². The summed E-state index contributed by atoms with van der Waals surface area (Å²) in [4.78, 5) is 5.91. The normalized spacial score (nSPS) is 15.2. The van der Waals surface area contributed by atoms with Crippen molar-refractivity contribution in [3.8, 4) is 0 Å². The first kappa shape index (κ1) is 18.0. The van der Waals surface area contributed by atoms with E-state index in [1.165, 1.54) is 41.5 Å². The minimum atomic E-state index is 0.105. The minimum absolute atomic E-state index is 0.105. The van der Waals surface area contributed by atoms with Gasteiger partial charge in [0.1, 0.15) is 0 Å². The molecule has 0 saturated heterocycles. The van der Waals surface area contributed by atoms with Crippen molar-refractivity contribution in [1.82, 2.24) is 9.88 Å². The summed E-state index contributed by atoms with van der Waals surface area (Å²) in [6.45, 7) is 3.50. The second-order valence-corrected chi connectivity index (χ2v) is 7.46. The molecule has 140 valence electrons. The molecular weight excluding hydrogens is 332 g/mol. The zero-order chi connectivity index (χ0) is 18.5. The number of aliphatic hydroxyl groups excluding tert-OH is 1. The summed E-state index contributed by atoms with van der Waals surface area (Å²) in [6, 6.07) is 16.9. The average molecular weight is 361 g/mol. The highest BCUT2D eigenvalue weighted by atomic mass is 16.3.